The molecule has 0 saturated carbocycles. The number of rotatable bonds is 2. The second-order valence-corrected chi connectivity index (χ2v) is 3.72. The first-order valence-electron chi connectivity index (χ1n) is 5.14. The maximum absolute atomic E-state index is 11.1. The molecule has 0 aliphatic carbocycles. The van der Waals surface area contributed by atoms with Crippen molar-refractivity contribution in [1.29, 1.82) is 0 Å². The van der Waals surface area contributed by atoms with E-state index in [0.717, 1.165) is 11.1 Å². The lowest BCUT2D eigenvalue weighted by atomic mass is 10.00. The molecule has 6 N–H and O–H groups in total. The van der Waals surface area contributed by atoms with Gasteiger partial charge in [0.05, 0.1) is 16.9 Å². The molecule has 0 spiro atoms. The van der Waals surface area contributed by atoms with Gasteiger partial charge in [0, 0.05) is 5.56 Å². The van der Waals surface area contributed by atoms with Gasteiger partial charge in [-0.25, -0.2) is 0 Å². The van der Waals surface area contributed by atoms with Gasteiger partial charge in [-0.3, -0.25) is 4.79 Å². The van der Waals surface area contributed by atoms with Crippen molar-refractivity contribution < 1.29 is 4.79 Å². The fourth-order valence-corrected chi connectivity index (χ4v) is 1.72. The van der Waals surface area contributed by atoms with E-state index in [1.165, 1.54) is 0 Å². The van der Waals surface area contributed by atoms with Gasteiger partial charge in [-0.2, -0.15) is 0 Å². The van der Waals surface area contributed by atoms with Crippen LogP contribution in [0.5, 0.6) is 0 Å². The summed E-state index contributed by atoms with van der Waals surface area (Å²) >= 11 is 0. The van der Waals surface area contributed by atoms with Crippen LogP contribution in [-0.4, -0.2) is 5.91 Å². The van der Waals surface area contributed by atoms with Crippen LogP contribution in [0.3, 0.4) is 0 Å². The zero-order valence-electron chi connectivity index (χ0n) is 9.18. The zero-order valence-corrected chi connectivity index (χ0v) is 9.18. The molecule has 17 heavy (non-hydrogen) atoms. The molecule has 0 atom stereocenters. The Morgan fingerprint density at radius 3 is 2.12 bits per heavy atom. The first-order valence-corrected chi connectivity index (χ1v) is 5.14. The van der Waals surface area contributed by atoms with Crippen molar-refractivity contribution in [2.24, 2.45) is 5.73 Å². The lowest BCUT2D eigenvalue weighted by Gasteiger charge is -2.11. The molecule has 2 rings (SSSR count). The van der Waals surface area contributed by atoms with Gasteiger partial charge in [-0.05, 0) is 11.6 Å². The van der Waals surface area contributed by atoms with Crippen LogP contribution in [0.25, 0.3) is 11.1 Å². The average molecular weight is 227 g/mol. The van der Waals surface area contributed by atoms with Gasteiger partial charge in [0.25, 0.3) is 5.91 Å². The lowest BCUT2D eigenvalue weighted by molar-refractivity contribution is 0.100. The molecular formula is C13H13N3O. The Labute approximate surface area is 99.0 Å². The van der Waals surface area contributed by atoms with E-state index in [1.54, 1.807) is 12.1 Å². The summed E-state index contributed by atoms with van der Waals surface area (Å²) in [6, 6.07) is 12.9. The van der Waals surface area contributed by atoms with Crippen LogP contribution >= 0.6 is 0 Å². The third kappa shape index (κ3) is 1.92. The van der Waals surface area contributed by atoms with Crippen LogP contribution < -0.4 is 17.2 Å². The number of hydrogen-bond acceptors (Lipinski definition) is 3. The zero-order chi connectivity index (χ0) is 12.4. The maximum Gasteiger partial charge on any atom is 0.250 e. The predicted molar refractivity (Wildman–Crippen MR) is 69.2 cm³/mol. The summed E-state index contributed by atoms with van der Waals surface area (Å²) in [6.07, 6.45) is 0. The van der Waals surface area contributed by atoms with Crippen molar-refractivity contribution in [3.8, 4) is 11.1 Å². The highest BCUT2D eigenvalue weighted by Gasteiger charge is 2.12. The van der Waals surface area contributed by atoms with Crippen LogP contribution in [0.2, 0.25) is 0 Å². The molecule has 0 saturated heterocycles. The fraction of sp³-hybridized carbons (Fsp3) is 0. The number of anilines is 2. The molecule has 86 valence electrons. The van der Waals surface area contributed by atoms with E-state index in [9.17, 15) is 4.79 Å². The topological polar surface area (TPSA) is 95.1 Å². The summed E-state index contributed by atoms with van der Waals surface area (Å²) in [7, 11) is 0. The number of amides is 1. The normalized spacial score (nSPS) is 10.1. The van der Waals surface area contributed by atoms with Gasteiger partial charge in [0.1, 0.15) is 0 Å². The van der Waals surface area contributed by atoms with Crippen molar-refractivity contribution >= 4 is 17.3 Å². The number of carbonyl (C=O) groups excluding carboxylic acids is 1. The standard InChI is InChI=1S/C13H13N3O/c14-11-9(8-4-2-1-3-5-8)6-7-10(12(11)15)13(16)17/h1-7H,14-15H2,(H2,16,17). The van der Waals surface area contributed by atoms with Gasteiger partial charge < -0.3 is 17.2 Å². The number of carbonyl (C=O) groups is 1. The van der Waals surface area contributed by atoms with E-state index >= 15 is 0 Å². The highest BCUT2D eigenvalue weighted by molar-refractivity contribution is 6.03. The minimum Gasteiger partial charge on any atom is -0.397 e. The third-order valence-electron chi connectivity index (χ3n) is 2.64. The third-order valence-corrected chi connectivity index (χ3v) is 2.64. The fourth-order valence-electron chi connectivity index (χ4n) is 1.72. The Hall–Kier alpha value is -2.49. The average Bonchev–Trinajstić information content (AvgIpc) is 2.33. The first-order chi connectivity index (χ1) is 8.11. The van der Waals surface area contributed by atoms with Gasteiger partial charge in [-0.1, -0.05) is 36.4 Å². The van der Waals surface area contributed by atoms with Crippen molar-refractivity contribution in [2.75, 3.05) is 11.5 Å². The Morgan fingerprint density at radius 2 is 1.53 bits per heavy atom. The maximum atomic E-state index is 11.1. The predicted octanol–water partition coefficient (Wildman–Crippen LogP) is 1.62. The van der Waals surface area contributed by atoms with E-state index < -0.39 is 5.91 Å². The summed E-state index contributed by atoms with van der Waals surface area (Å²) in [4.78, 5) is 11.1. The molecule has 0 heterocycles. The van der Waals surface area contributed by atoms with Crippen molar-refractivity contribution in [1.82, 2.24) is 0 Å². The summed E-state index contributed by atoms with van der Waals surface area (Å²) in [5, 5.41) is 0. The lowest BCUT2D eigenvalue weighted by Crippen LogP contribution is -2.14. The van der Waals surface area contributed by atoms with Crippen molar-refractivity contribution in [2.45, 2.75) is 0 Å². The van der Waals surface area contributed by atoms with E-state index in [2.05, 4.69) is 0 Å². The molecule has 0 aliphatic heterocycles. The molecule has 2 aromatic carbocycles. The van der Waals surface area contributed by atoms with Gasteiger partial charge in [0.15, 0.2) is 0 Å². The molecule has 0 bridgehead atoms. The van der Waals surface area contributed by atoms with E-state index in [1.807, 2.05) is 30.3 Å². The number of hydrogen-bond donors (Lipinski definition) is 3. The Bertz CT molecular complexity index is 564. The first kappa shape index (κ1) is 11.0. The Kier molecular flexibility index (Phi) is 2.70. The number of benzene rings is 2. The van der Waals surface area contributed by atoms with Crippen LogP contribution in [0.4, 0.5) is 11.4 Å². The quantitative estimate of drug-likeness (QED) is 0.680. The largest absolute Gasteiger partial charge is 0.397 e. The molecule has 4 heteroatoms. The molecular weight excluding hydrogens is 214 g/mol. The SMILES string of the molecule is NC(=O)c1ccc(-c2ccccc2)c(N)c1N. The second kappa shape index (κ2) is 4.17. The number of primary amides is 1. The highest BCUT2D eigenvalue weighted by atomic mass is 16.1. The smallest absolute Gasteiger partial charge is 0.250 e. The van der Waals surface area contributed by atoms with E-state index in [4.69, 9.17) is 17.2 Å². The summed E-state index contributed by atoms with van der Waals surface area (Å²) < 4.78 is 0. The van der Waals surface area contributed by atoms with Gasteiger partial charge in [-0.15, -0.1) is 0 Å². The van der Waals surface area contributed by atoms with Gasteiger partial charge in [0.2, 0.25) is 0 Å². The molecule has 0 aliphatic rings. The summed E-state index contributed by atoms with van der Waals surface area (Å²) in [6.45, 7) is 0. The van der Waals surface area contributed by atoms with Crippen LogP contribution in [0.15, 0.2) is 42.5 Å². The van der Waals surface area contributed by atoms with Gasteiger partial charge >= 0.3 is 0 Å². The van der Waals surface area contributed by atoms with E-state index in [0.29, 0.717) is 5.69 Å². The molecule has 0 unspecified atom stereocenters. The molecule has 2 aromatic rings. The summed E-state index contributed by atoms with van der Waals surface area (Å²) in [5.74, 6) is -0.575. The monoisotopic (exact) mass is 227 g/mol. The molecule has 4 nitrogen and oxygen atoms in total. The van der Waals surface area contributed by atoms with Crippen LogP contribution in [0.1, 0.15) is 10.4 Å². The number of nitrogen functional groups attached to an aromatic ring is 2. The molecule has 0 fully saturated rings. The summed E-state index contributed by atoms with van der Waals surface area (Å²) in [5.41, 5.74) is 19.5. The van der Waals surface area contributed by atoms with E-state index in [-0.39, 0.29) is 11.3 Å². The number of nitrogens with two attached hydrogens (primary N) is 3. The minimum atomic E-state index is -0.575. The Morgan fingerprint density at radius 1 is 0.882 bits per heavy atom. The highest BCUT2D eigenvalue weighted by Crippen LogP contribution is 2.32. The Balaban J connectivity index is 2.60. The van der Waals surface area contributed by atoms with Crippen molar-refractivity contribution in [3.05, 3.63) is 48.0 Å². The second-order valence-electron chi connectivity index (χ2n) is 3.72. The molecule has 1 amide bonds. The van der Waals surface area contributed by atoms with Crippen LogP contribution in [0, 0.1) is 0 Å². The molecule has 0 radical (unpaired) electrons. The van der Waals surface area contributed by atoms with Crippen LogP contribution in [-0.2, 0) is 0 Å². The minimum absolute atomic E-state index is 0.235. The van der Waals surface area contributed by atoms with Crippen molar-refractivity contribution in [3.63, 3.8) is 0 Å². The molecule has 0 aromatic heterocycles.